The number of esters is 1. The third-order valence-electron chi connectivity index (χ3n) is 0.701. The molecule has 0 aromatic rings. The van der Waals surface area contributed by atoms with Gasteiger partial charge in [0.25, 0.3) is 0 Å². The number of rotatable bonds is 2. The van der Waals surface area contributed by atoms with Crippen LogP contribution in [0.25, 0.3) is 0 Å². The minimum atomic E-state index is -1.15. The Morgan fingerprint density at radius 3 is 2.40 bits per heavy atom. The predicted octanol–water partition coefficient (Wildman–Crippen LogP) is -1.13. The monoisotopic (exact) mass is 164 g/mol. The molecule has 0 aromatic carbocycles. The van der Waals surface area contributed by atoms with Crippen molar-refractivity contribution in [3.8, 4) is 0 Å². The molecule has 0 spiro atoms. The first-order valence-corrected chi connectivity index (χ1v) is 3.08. The fourth-order valence-electron chi connectivity index (χ4n) is 0.249. The van der Waals surface area contributed by atoms with Crippen LogP contribution in [0.4, 0.5) is 4.79 Å². The molecular weight excluding hydrogens is 156 g/mol. The molecule has 0 radical (unpaired) electrons. The standard InChI is InChI=1S/C4H8N2O3S/c5-2(1-10)3(7)9-4(6)8/h2,10H,1,5H2,(H2,6,8). The van der Waals surface area contributed by atoms with Crippen LogP contribution in [0.1, 0.15) is 0 Å². The molecule has 0 aliphatic carbocycles. The molecule has 0 heterocycles. The van der Waals surface area contributed by atoms with E-state index < -0.39 is 18.1 Å². The molecule has 0 rings (SSSR count). The van der Waals surface area contributed by atoms with E-state index in [2.05, 4.69) is 23.1 Å². The summed E-state index contributed by atoms with van der Waals surface area (Å²) in [4.78, 5) is 20.4. The number of hydrogen-bond acceptors (Lipinski definition) is 5. The molecule has 58 valence electrons. The van der Waals surface area contributed by atoms with Crippen molar-refractivity contribution >= 4 is 24.7 Å². The van der Waals surface area contributed by atoms with Crippen LogP contribution in [0.5, 0.6) is 0 Å². The van der Waals surface area contributed by atoms with Gasteiger partial charge in [0.05, 0.1) is 0 Å². The number of nitrogens with two attached hydrogens (primary N) is 2. The topological polar surface area (TPSA) is 95.4 Å². The van der Waals surface area contributed by atoms with Crippen molar-refractivity contribution in [3.63, 3.8) is 0 Å². The Morgan fingerprint density at radius 2 is 2.10 bits per heavy atom. The highest BCUT2D eigenvalue weighted by Crippen LogP contribution is 1.87. The summed E-state index contributed by atoms with van der Waals surface area (Å²) in [6, 6.07) is -0.893. The Labute approximate surface area is 63.1 Å². The molecule has 4 N–H and O–H groups in total. The molecule has 0 saturated heterocycles. The number of primary amides is 1. The minimum Gasteiger partial charge on any atom is -0.375 e. The molecule has 0 saturated carbocycles. The average molecular weight is 164 g/mol. The summed E-state index contributed by atoms with van der Waals surface area (Å²) in [7, 11) is 0. The highest BCUT2D eigenvalue weighted by atomic mass is 32.1. The van der Waals surface area contributed by atoms with Crippen LogP contribution in [0, 0.1) is 0 Å². The maximum atomic E-state index is 10.5. The van der Waals surface area contributed by atoms with Gasteiger partial charge in [0.2, 0.25) is 0 Å². The zero-order chi connectivity index (χ0) is 8.15. The lowest BCUT2D eigenvalue weighted by molar-refractivity contribution is -0.137. The van der Waals surface area contributed by atoms with Gasteiger partial charge in [-0.15, -0.1) is 0 Å². The molecule has 0 aromatic heterocycles. The molecule has 0 aliphatic heterocycles. The van der Waals surface area contributed by atoms with Crippen LogP contribution in [-0.2, 0) is 9.53 Å². The first-order valence-electron chi connectivity index (χ1n) is 2.45. The second-order valence-corrected chi connectivity index (χ2v) is 1.89. The second kappa shape index (κ2) is 4.13. The molecule has 1 amide bonds. The summed E-state index contributed by atoms with van der Waals surface area (Å²) >= 11 is 3.70. The number of amides is 1. The van der Waals surface area contributed by atoms with E-state index in [-0.39, 0.29) is 5.75 Å². The van der Waals surface area contributed by atoms with Crippen molar-refractivity contribution in [1.29, 1.82) is 0 Å². The average Bonchev–Trinajstić information content (AvgIpc) is 1.85. The van der Waals surface area contributed by atoms with Gasteiger partial charge in [-0.2, -0.15) is 12.6 Å². The molecule has 5 nitrogen and oxygen atoms in total. The van der Waals surface area contributed by atoms with Gasteiger partial charge in [0.1, 0.15) is 6.04 Å². The van der Waals surface area contributed by atoms with Crippen LogP contribution < -0.4 is 11.5 Å². The number of carbonyl (C=O) groups excluding carboxylic acids is 2. The summed E-state index contributed by atoms with van der Waals surface area (Å²) in [5.41, 5.74) is 9.63. The van der Waals surface area contributed by atoms with Gasteiger partial charge in [-0.05, 0) is 0 Å². The third-order valence-corrected chi connectivity index (χ3v) is 1.09. The summed E-state index contributed by atoms with van der Waals surface area (Å²) in [6.45, 7) is 0. The quantitative estimate of drug-likeness (QED) is 0.273. The molecule has 0 aliphatic rings. The largest absolute Gasteiger partial charge is 0.412 e. The number of ether oxygens (including phenoxy) is 1. The Balaban J connectivity index is 3.73. The van der Waals surface area contributed by atoms with Gasteiger partial charge < -0.3 is 16.2 Å². The molecule has 0 fully saturated rings. The van der Waals surface area contributed by atoms with Gasteiger partial charge in [-0.25, -0.2) is 9.59 Å². The lowest BCUT2D eigenvalue weighted by Crippen LogP contribution is -2.36. The summed E-state index contributed by atoms with van der Waals surface area (Å²) in [5.74, 6) is -0.742. The van der Waals surface area contributed by atoms with Gasteiger partial charge in [0.15, 0.2) is 0 Å². The maximum absolute atomic E-state index is 10.5. The van der Waals surface area contributed by atoms with Gasteiger partial charge in [-0.1, -0.05) is 0 Å². The summed E-state index contributed by atoms with van der Waals surface area (Å²) in [5, 5.41) is 0. The fourth-order valence-corrected chi connectivity index (χ4v) is 0.398. The Hall–Kier alpha value is -0.750. The zero-order valence-electron chi connectivity index (χ0n) is 5.11. The van der Waals surface area contributed by atoms with E-state index in [4.69, 9.17) is 5.73 Å². The molecule has 0 bridgehead atoms. The smallest absolute Gasteiger partial charge is 0.375 e. The lowest BCUT2D eigenvalue weighted by Gasteiger charge is -2.03. The van der Waals surface area contributed by atoms with E-state index in [0.29, 0.717) is 0 Å². The van der Waals surface area contributed by atoms with Crippen LogP contribution >= 0.6 is 12.6 Å². The molecule has 6 heteroatoms. The van der Waals surface area contributed by atoms with Gasteiger partial charge in [0, 0.05) is 5.75 Å². The van der Waals surface area contributed by atoms with Crippen LogP contribution in [-0.4, -0.2) is 23.9 Å². The Bertz CT molecular complexity index is 149. The third kappa shape index (κ3) is 3.31. The molecule has 10 heavy (non-hydrogen) atoms. The Morgan fingerprint density at radius 1 is 1.60 bits per heavy atom. The van der Waals surface area contributed by atoms with Crippen molar-refractivity contribution < 1.29 is 14.3 Å². The van der Waals surface area contributed by atoms with Crippen molar-refractivity contribution in [2.75, 3.05) is 5.75 Å². The van der Waals surface area contributed by atoms with Crippen LogP contribution in [0.3, 0.4) is 0 Å². The molecule has 1 atom stereocenters. The number of hydrogen-bond donors (Lipinski definition) is 3. The first kappa shape index (κ1) is 9.25. The van der Waals surface area contributed by atoms with Crippen molar-refractivity contribution in [1.82, 2.24) is 0 Å². The van der Waals surface area contributed by atoms with Crippen molar-refractivity contribution in [2.24, 2.45) is 11.5 Å². The molecular formula is C4H8N2O3S. The van der Waals surface area contributed by atoms with E-state index in [0.717, 1.165) is 0 Å². The van der Waals surface area contributed by atoms with E-state index in [1.54, 1.807) is 0 Å². The van der Waals surface area contributed by atoms with Crippen LogP contribution in [0.2, 0.25) is 0 Å². The number of thiol groups is 1. The van der Waals surface area contributed by atoms with E-state index >= 15 is 0 Å². The first-order chi connectivity index (χ1) is 4.57. The zero-order valence-corrected chi connectivity index (χ0v) is 6.01. The van der Waals surface area contributed by atoms with E-state index in [9.17, 15) is 9.59 Å². The minimum absolute atomic E-state index is 0.117. The van der Waals surface area contributed by atoms with E-state index in [1.165, 1.54) is 0 Å². The van der Waals surface area contributed by atoms with Crippen LogP contribution in [0.15, 0.2) is 0 Å². The van der Waals surface area contributed by atoms with Crippen molar-refractivity contribution in [2.45, 2.75) is 6.04 Å². The second-order valence-electron chi connectivity index (χ2n) is 1.53. The predicted molar refractivity (Wildman–Crippen MR) is 37.5 cm³/mol. The fraction of sp³-hybridized carbons (Fsp3) is 0.500. The Kier molecular flexibility index (Phi) is 3.82. The molecule has 1 unspecified atom stereocenters. The lowest BCUT2D eigenvalue weighted by atomic mass is 10.4. The SMILES string of the molecule is NC(=O)OC(=O)C(N)CS. The highest BCUT2D eigenvalue weighted by molar-refractivity contribution is 7.80. The van der Waals surface area contributed by atoms with Gasteiger partial charge >= 0.3 is 12.1 Å². The van der Waals surface area contributed by atoms with Crippen molar-refractivity contribution in [3.05, 3.63) is 0 Å². The maximum Gasteiger partial charge on any atom is 0.412 e. The highest BCUT2D eigenvalue weighted by Gasteiger charge is 2.14. The van der Waals surface area contributed by atoms with Gasteiger partial charge in [-0.3, -0.25) is 0 Å². The summed E-state index contributed by atoms with van der Waals surface area (Å²) in [6.07, 6.45) is -1.15. The number of carbonyl (C=O) groups is 2. The van der Waals surface area contributed by atoms with E-state index in [1.807, 2.05) is 0 Å². The normalized spacial score (nSPS) is 12.2. The summed E-state index contributed by atoms with van der Waals surface area (Å²) < 4.78 is 3.93.